The molecular weight excluding hydrogens is 298 g/mol. The smallest absolute Gasteiger partial charge is 0.263 e. The van der Waals surface area contributed by atoms with Crippen molar-refractivity contribution < 1.29 is 18.6 Å². The summed E-state index contributed by atoms with van der Waals surface area (Å²) in [6.45, 7) is 0. The van der Waals surface area contributed by atoms with Crippen molar-refractivity contribution >= 4 is 11.6 Å². The lowest BCUT2D eigenvalue weighted by atomic mass is 9.94. The summed E-state index contributed by atoms with van der Waals surface area (Å²) < 4.78 is 31.4. The van der Waals surface area contributed by atoms with E-state index in [4.69, 9.17) is 16.3 Å². The molecule has 0 saturated carbocycles. The van der Waals surface area contributed by atoms with Crippen LogP contribution in [0.5, 0.6) is 5.75 Å². The molecule has 2 nitrogen and oxygen atoms in total. The van der Waals surface area contributed by atoms with Gasteiger partial charge in [-0.1, -0.05) is 29.8 Å². The Hall–Kier alpha value is -1.65. The van der Waals surface area contributed by atoms with Crippen molar-refractivity contribution in [2.45, 2.75) is 25.1 Å². The molecule has 2 aromatic carbocycles. The number of hydrogen-bond donors (Lipinski definition) is 1. The van der Waals surface area contributed by atoms with Crippen LogP contribution in [0.1, 0.15) is 41.7 Å². The molecule has 0 bridgehead atoms. The Morgan fingerprint density at radius 2 is 2.00 bits per heavy atom. The lowest BCUT2D eigenvalue weighted by molar-refractivity contribution is 0.0655. The van der Waals surface area contributed by atoms with Gasteiger partial charge in [-0.05, 0) is 29.8 Å². The largest absolute Gasteiger partial charge is 0.485 e. The first-order chi connectivity index (χ1) is 10.0. The molecular formula is C16H13ClF2O2. The molecule has 2 atom stereocenters. The van der Waals surface area contributed by atoms with Crippen LogP contribution in [0.25, 0.3) is 0 Å². The Balaban J connectivity index is 1.92. The summed E-state index contributed by atoms with van der Waals surface area (Å²) in [5, 5.41) is 10.7. The molecule has 0 fully saturated rings. The molecule has 1 aliphatic rings. The molecule has 21 heavy (non-hydrogen) atoms. The minimum Gasteiger partial charge on any atom is -0.485 e. The standard InChI is InChI=1S/C16H13ClF2O2/c17-11-4-5-14-12(7-11)13(20)8-15(21-14)9-2-1-3-10(6-9)16(18)19/h1-7,13,15-16,20H,8H2. The van der Waals surface area contributed by atoms with Gasteiger partial charge in [0.15, 0.2) is 0 Å². The van der Waals surface area contributed by atoms with Crippen LogP contribution in [0.2, 0.25) is 5.02 Å². The van der Waals surface area contributed by atoms with Gasteiger partial charge in [0.1, 0.15) is 11.9 Å². The number of rotatable bonds is 2. The van der Waals surface area contributed by atoms with Gasteiger partial charge in [-0.25, -0.2) is 8.78 Å². The summed E-state index contributed by atoms with van der Waals surface area (Å²) in [6.07, 6.45) is -3.40. The van der Waals surface area contributed by atoms with Crippen molar-refractivity contribution in [2.24, 2.45) is 0 Å². The Bertz CT molecular complexity index is 660. The third-order valence-electron chi connectivity index (χ3n) is 3.57. The number of halogens is 3. The summed E-state index contributed by atoms with van der Waals surface area (Å²) in [4.78, 5) is 0. The maximum absolute atomic E-state index is 12.8. The molecule has 5 heteroatoms. The molecule has 1 aliphatic heterocycles. The van der Waals surface area contributed by atoms with Crippen LogP contribution in [0, 0.1) is 0 Å². The monoisotopic (exact) mass is 310 g/mol. The van der Waals surface area contributed by atoms with E-state index < -0.39 is 18.6 Å². The molecule has 3 rings (SSSR count). The van der Waals surface area contributed by atoms with Crippen molar-refractivity contribution in [3.63, 3.8) is 0 Å². The van der Waals surface area contributed by atoms with Gasteiger partial charge in [0.25, 0.3) is 6.43 Å². The Morgan fingerprint density at radius 3 is 2.76 bits per heavy atom. The van der Waals surface area contributed by atoms with Gasteiger partial charge in [-0.3, -0.25) is 0 Å². The molecule has 110 valence electrons. The van der Waals surface area contributed by atoms with E-state index in [1.165, 1.54) is 12.1 Å². The van der Waals surface area contributed by atoms with Gasteiger partial charge in [-0.15, -0.1) is 0 Å². The van der Waals surface area contributed by atoms with E-state index in [-0.39, 0.29) is 5.56 Å². The fourth-order valence-electron chi connectivity index (χ4n) is 2.52. The highest BCUT2D eigenvalue weighted by atomic mass is 35.5. The van der Waals surface area contributed by atoms with Gasteiger partial charge >= 0.3 is 0 Å². The highest BCUT2D eigenvalue weighted by Gasteiger charge is 2.28. The molecule has 2 aromatic rings. The maximum Gasteiger partial charge on any atom is 0.263 e. The van der Waals surface area contributed by atoms with Crippen LogP contribution in [-0.2, 0) is 0 Å². The van der Waals surface area contributed by atoms with Gasteiger partial charge in [0, 0.05) is 22.6 Å². The minimum atomic E-state index is -2.52. The normalized spacial score (nSPS) is 21.0. The van der Waals surface area contributed by atoms with E-state index in [0.717, 1.165) is 0 Å². The number of fused-ring (bicyclic) bond motifs is 1. The van der Waals surface area contributed by atoms with E-state index in [0.29, 0.717) is 28.3 Å². The van der Waals surface area contributed by atoms with Crippen LogP contribution in [0.3, 0.4) is 0 Å². The number of ether oxygens (including phenoxy) is 1. The second kappa shape index (κ2) is 5.62. The molecule has 0 amide bonds. The molecule has 0 spiro atoms. The van der Waals surface area contributed by atoms with Gasteiger partial charge in [0.2, 0.25) is 0 Å². The zero-order valence-electron chi connectivity index (χ0n) is 11.0. The molecule has 0 radical (unpaired) electrons. The van der Waals surface area contributed by atoms with Crippen LogP contribution in [0.4, 0.5) is 8.78 Å². The van der Waals surface area contributed by atoms with Crippen molar-refractivity contribution in [3.05, 3.63) is 64.2 Å². The lowest BCUT2D eigenvalue weighted by Gasteiger charge is -2.30. The third-order valence-corrected chi connectivity index (χ3v) is 3.81. The van der Waals surface area contributed by atoms with E-state index >= 15 is 0 Å². The SMILES string of the molecule is OC1CC(c2cccc(C(F)F)c2)Oc2ccc(Cl)cc21. The molecule has 0 saturated heterocycles. The fraction of sp³-hybridized carbons (Fsp3) is 0.250. The average Bonchev–Trinajstić information content (AvgIpc) is 2.48. The Morgan fingerprint density at radius 1 is 1.19 bits per heavy atom. The lowest BCUT2D eigenvalue weighted by Crippen LogP contribution is -2.19. The first-order valence-corrected chi connectivity index (χ1v) is 6.94. The zero-order chi connectivity index (χ0) is 15.0. The molecule has 0 aliphatic carbocycles. The second-order valence-electron chi connectivity index (χ2n) is 5.01. The predicted octanol–water partition coefficient (Wildman–Crippen LogP) is 4.83. The van der Waals surface area contributed by atoms with E-state index in [1.807, 2.05) is 0 Å². The predicted molar refractivity (Wildman–Crippen MR) is 75.8 cm³/mol. The van der Waals surface area contributed by atoms with Crippen molar-refractivity contribution in [1.82, 2.24) is 0 Å². The topological polar surface area (TPSA) is 29.5 Å². The summed E-state index contributed by atoms with van der Waals surface area (Å²) in [7, 11) is 0. The second-order valence-corrected chi connectivity index (χ2v) is 5.45. The van der Waals surface area contributed by atoms with Crippen LogP contribution < -0.4 is 4.74 Å². The third kappa shape index (κ3) is 2.87. The van der Waals surface area contributed by atoms with E-state index in [2.05, 4.69) is 0 Å². The number of hydrogen-bond acceptors (Lipinski definition) is 2. The van der Waals surface area contributed by atoms with Gasteiger partial charge in [-0.2, -0.15) is 0 Å². The first-order valence-electron chi connectivity index (χ1n) is 6.57. The molecule has 1 heterocycles. The van der Waals surface area contributed by atoms with E-state index in [1.54, 1.807) is 30.3 Å². The number of aliphatic hydroxyl groups is 1. The first kappa shape index (κ1) is 14.3. The number of benzene rings is 2. The number of aliphatic hydroxyl groups excluding tert-OH is 1. The molecule has 0 aromatic heterocycles. The average molecular weight is 311 g/mol. The number of alkyl halides is 2. The quantitative estimate of drug-likeness (QED) is 0.860. The minimum absolute atomic E-state index is 0.0486. The maximum atomic E-state index is 12.8. The van der Waals surface area contributed by atoms with E-state index in [9.17, 15) is 13.9 Å². The fourth-order valence-corrected chi connectivity index (χ4v) is 2.70. The Labute approximate surface area is 125 Å². The molecule has 2 unspecified atom stereocenters. The van der Waals surface area contributed by atoms with Crippen molar-refractivity contribution in [2.75, 3.05) is 0 Å². The van der Waals surface area contributed by atoms with Gasteiger partial charge in [0.05, 0.1) is 6.10 Å². The highest BCUT2D eigenvalue weighted by molar-refractivity contribution is 6.30. The summed E-state index contributed by atoms with van der Waals surface area (Å²) in [6, 6.07) is 11.1. The van der Waals surface area contributed by atoms with Crippen LogP contribution in [-0.4, -0.2) is 5.11 Å². The van der Waals surface area contributed by atoms with Crippen LogP contribution in [0.15, 0.2) is 42.5 Å². The summed E-state index contributed by atoms with van der Waals surface area (Å²) in [5.74, 6) is 0.533. The van der Waals surface area contributed by atoms with Crippen molar-refractivity contribution in [1.29, 1.82) is 0 Å². The summed E-state index contributed by atoms with van der Waals surface area (Å²) >= 11 is 5.90. The molecule has 1 N–H and O–H groups in total. The highest BCUT2D eigenvalue weighted by Crippen LogP contribution is 2.42. The van der Waals surface area contributed by atoms with Crippen LogP contribution >= 0.6 is 11.6 Å². The zero-order valence-corrected chi connectivity index (χ0v) is 11.7. The Kier molecular flexibility index (Phi) is 3.83. The van der Waals surface area contributed by atoms with Gasteiger partial charge < -0.3 is 9.84 Å². The van der Waals surface area contributed by atoms with Crippen molar-refractivity contribution in [3.8, 4) is 5.75 Å². The summed E-state index contributed by atoms with van der Waals surface area (Å²) in [5.41, 5.74) is 1.21.